The number of esters is 1. The maximum atomic E-state index is 12.5. The maximum absolute atomic E-state index is 12.5. The van der Waals surface area contributed by atoms with Crippen LogP contribution in [0, 0.1) is 0 Å². The Bertz CT molecular complexity index is 391. The van der Waals surface area contributed by atoms with E-state index in [0.717, 1.165) is 0 Å². The first-order valence-electron chi connectivity index (χ1n) is 5.10. The molecule has 0 amide bonds. The van der Waals surface area contributed by atoms with Gasteiger partial charge in [-0.1, -0.05) is 12.1 Å². The number of alkyl halides is 2. The quantitative estimate of drug-likeness (QED) is 0.747. The zero-order chi connectivity index (χ0) is 12.8. The summed E-state index contributed by atoms with van der Waals surface area (Å²) < 4.78 is 34.4. The smallest absolute Gasteiger partial charge is 0.305 e. The lowest BCUT2D eigenvalue weighted by molar-refractivity contribution is -0.140. The van der Waals surface area contributed by atoms with Gasteiger partial charge in [0.15, 0.2) is 0 Å². The Balaban J connectivity index is 2.81. The average Bonchev–Trinajstić information content (AvgIpc) is 2.35. The second kappa shape index (κ2) is 6.18. The van der Waals surface area contributed by atoms with Crippen LogP contribution in [0.4, 0.5) is 8.78 Å². The molecule has 0 aromatic heterocycles. The van der Waals surface area contributed by atoms with E-state index in [-0.39, 0.29) is 18.0 Å². The number of carbonyl (C=O) groups is 1. The van der Waals surface area contributed by atoms with E-state index in [9.17, 15) is 13.6 Å². The molecule has 17 heavy (non-hydrogen) atoms. The van der Waals surface area contributed by atoms with E-state index in [4.69, 9.17) is 4.74 Å². The molecule has 0 aliphatic rings. The van der Waals surface area contributed by atoms with Crippen LogP contribution in [-0.2, 0) is 16.0 Å². The zero-order valence-electron chi connectivity index (χ0n) is 9.70. The highest BCUT2D eigenvalue weighted by molar-refractivity contribution is 5.69. The molecule has 1 rings (SSSR count). The summed E-state index contributed by atoms with van der Waals surface area (Å²) in [5, 5.41) is 0. The summed E-state index contributed by atoms with van der Waals surface area (Å²) >= 11 is 0. The lowest BCUT2D eigenvalue weighted by atomic mass is 10.1. The van der Waals surface area contributed by atoms with Crippen LogP contribution >= 0.6 is 0 Å². The molecule has 1 aromatic carbocycles. The van der Waals surface area contributed by atoms with Crippen LogP contribution in [0.3, 0.4) is 0 Å². The van der Waals surface area contributed by atoms with Gasteiger partial charge in [-0.25, -0.2) is 8.78 Å². The van der Waals surface area contributed by atoms with Crippen molar-refractivity contribution in [3.05, 3.63) is 29.3 Å². The first-order valence-corrected chi connectivity index (χ1v) is 5.10. The molecule has 0 radical (unpaired) electrons. The number of benzene rings is 1. The van der Waals surface area contributed by atoms with Crippen molar-refractivity contribution in [1.29, 1.82) is 0 Å². The van der Waals surface area contributed by atoms with Crippen molar-refractivity contribution in [1.82, 2.24) is 0 Å². The molecule has 94 valence electrons. The molecule has 0 spiro atoms. The van der Waals surface area contributed by atoms with Crippen molar-refractivity contribution < 1.29 is 23.0 Å². The first-order chi connectivity index (χ1) is 8.08. The van der Waals surface area contributed by atoms with Crippen LogP contribution in [-0.4, -0.2) is 20.2 Å². The highest BCUT2D eigenvalue weighted by Gasteiger charge is 2.12. The summed E-state index contributed by atoms with van der Waals surface area (Å²) in [5.41, 5.74) is 0.617. The summed E-state index contributed by atoms with van der Waals surface area (Å²) in [5.74, 6) is 0.0247. The molecule has 0 aliphatic heterocycles. The van der Waals surface area contributed by atoms with Gasteiger partial charge >= 0.3 is 5.97 Å². The predicted molar refractivity (Wildman–Crippen MR) is 58.3 cm³/mol. The molecule has 3 nitrogen and oxygen atoms in total. The van der Waals surface area contributed by atoms with Gasteiger partial charge in [0.1, 0.15) is 5.75 Å². The summed E-state index contributed by atoms with van der Waals surface area (Å²) in [6, 6.07) is 4.17. The Morgan fingerprint density at radius 1 is 1.35 bits per heavy atom. The molecular formula is C12H14F2O3. The van der Waals surface area contributed by atoms with Crippen molar-refractivity contribution in [2.24, 2.45) is 0 Å². The van der Waals surface area contributed by atoms with E-state index >= 15 is 0 Å². The van der Waals surface area contributed by atoms with Gasteiger partial charge in [0.2, 0.25) is 0 Å². The van der Waals surface area contributed by atoms with Gasteiger partial charge in [-0.3, -0.25) is 4.79 Å². The first kappa shape index (κ1) is 13.4. The third-order valence-electron chi connectivity index (χ3n) is 2.39. The molecule has 1 aromatic rings. The topological polar surface area (TPSA) is 35.5 Å². The standard InChI is InChI=1S/C12H14F2O3/c1-16-10-7-9(12(13)14)4-3-8(10)5-6-11(15)17-2/h3-4,7,12H,5-6H2,1-2H3. The number of halogens is 2. The van der Waals surface area contributed by atoms with Crippen molar-refractivity contribution in [3.63, 3.8) is 0 Å². The summed E-state index contributed by atoms with van der Waals surface area (Å²) in [4.78, 5) is 11.0. The minimum Gasteiger partial charge on any atom is -0.496 e. The molecule has 0 heterocycles. The normalized spacial score (nSPS) is 10.4. The SMILES string of the molecule is COC(=O)CCc1ccc(C(F)F)cc1OC. The van der Waals surface area contributed by atoms with Crippen LogP contribution in [0.1, 0.15) is 24.0 Å². The number of aryl methyl sites for hydroxylation is 1. The molecule has 0 saturated heterocycles. The largest absolute Gasteiger partial charge is 0.496 e. The Labute approximate surface area is 98.3 Å². The Morgan fingerprint density at radius 3 is 2.59 bits per heavy atom. The number of ether oxygens (including phenoxy) is 2. The second-order valence-electron chi connectivity index (χ2n) is 3.45. The molecular weight excluding hydrogens is 230 g/mol. The number of rotatable bonds is 5. The van der Waals surface area contributed by atoms with Gasteiger partial charge in [0, 0.05) is 12.0 Å². The fourth-order valence-corrected chi connectivity index (χ4v) is 1.44. The minimum absolute atomic E-state index is 0.0938. The van der Waals surface area contributed by atoms with Crippen molar-refractivity contribution in [2.75, 3.05) is 14.2 Å². The van der Waals surface area contributed by atoms with E-state index in [1.807, 2.05) is 0 Å². The summed E-state index contributed by atoms with van der Waals surface area (Å²) in [6.45, 7) is 0. The van der Waals surface area contributed by atoms with Gasteiger partial charge in [0.25, 0.3) is 6.43 Å². The van der Waals surface area contributed by atoms with Gasteiger partial charge in [-0.2, -0.15) is 0 Å². The molecule has 0 saturated carbocycles. The number of methoxy groups -OCH3 is 2. The summed E-state index contributed by atoms with van der Waals surface area (Å²) in [6.07, 6.45) is -1.93. The molecule has 0 N–H and O–H groups in total. The second-order valence-corrected chi connectivity index (χ2v) is 3.45. The Kier molecular flexibility index (Phi) is 4.87. The van der Waals surface area contributed by atoms with Crippen LogP contribution < -0.4 is 4.74 Å². The summed E-state index contributed by atoms with van der Waals surface area (Å²) in [7, 11) is 2.71. The number of carbonyl (C=O) groups excluding carboxylic acids is 1. The molecule has 0 aliphatic carbocycles. The Hall–Kier alpha value is -1.65. The lowest BCUT2D eigenvalue weighted by Crippen LogP contribution is -2.03. The molecule has 0 bridgehead atoms. The van der Waals surface area contributed by atoms with E-state index in [2.05, 4.69) is 4.74 Å². The van der Waals surface area contributed by atoms with Crippen molar-refractivity contribution in [3.8, 4) is 5.75 Å². The van der Waals surface area contributed by atoms with Gasteiger partial charge in [-0.05, 0) is 18.1 Å². The molecule has 5 heteroatoms. The van der Waals surface area contributed by atoms with Gasteiger partial charge < -0.3 is 9.47 Å². The van der Waals surface area contributed by atoms with Crippen LogP contribution in [0.15, 0.2) is 18.2 Å². The highest BCUT2D eigenvalue weighted by Crippen LogP contribution is 2.27. The maximum Gasteiger partial charge on any atom is 0.305 e. The molecule has 0 fully saturated rings. The number of hydrogen-bond acceptors (Lipinski definition) is 3. The van der Waals surface area contributed by atoms with E-state index in [1.54, 1.807) is 6.07 Å². The average molecular weight is 244 g/mol. The Morgan fingerprint density at radius 2 is 2.06 bits per heavy atom. The van der Waals surface area contributed by atoms with Crippen LogP contribution in [0.5, 0.6) is 5.75 Å². The van der Waals surface area contributed by atoms with Crippen LogP contribution in [0.2, 0.25) is 0 Å². The molecule has 0 unspecified atom stereocenters. The predicted octanol–water partition coefficient (Wildman–Crippen LogP) is 2.74. The van der Waals surface area contributed by atoms with Crippen molar-refractivity contribution >= 4 is 5.97 Å². The van der Waals surface area contributed by atoms with E-state index in [1.165, 1.54) is 26.4 Å². The monoisotopic (exact) mass is 244 g/mol. The van der Waals surface area contributed by atoms with Crippen LogP contribution in [0.25, 0.3) is 0 Å². The molecule has 0 atom stereocenters. The van der Waals surface area contributed by atoms with E-state index in [0.29, 0.717) is 17.7 Å². The third kappa shape index (κ3) is 3.69. The fraction of sp³-hybridized carbons (Fsp3) is 0.417. The minimum atomic E-state index is -2.53. The van der Waals surface area contributed by atoms with Crippen molar-refractivity contribution in [2.45, 2.75) is 19.3 Å². The number of hydrogen-bond donors (Lipinski definition) is 0. The van der Waals surface area contributed by atoms with Gasteiger partial charge in [-0.15, -0.1) is 0 Å². The highest BCUT2D eigenvalue weighted by atomic mass is 19.3. The third-order valence-corrected chi connectivity index (χ3v) is 2.39. The zero-order valence-corrected chi connectivity index (χ0v) is 9.70. The fourth-order valence-electron chi connectivity index (χ4n) is 1.44. The lowest BCUT2D eigenvalue weighted by Gasteiger charge is -2.10. The van der Waals surface area contributed by atoms with Gasteiger partial charge in [0.05, 0.1) is 14.2 Å². The van der Waals surface area contributed by atoms with E-state index < -0.39 is 6.43 Å².